The Morgan fingerprint density at radius 2 is 2.04 bits per heavy atom. The number of rotatable bonds is 5. The summed E-state index contributed by atoms with van der Waals surface area (Å²) >= 11 is 0. The highest BCUT2D eigenvalue weighted by Crippen LogP contribution is 2.19. The van der Waals surface area contributed by atoms with Gasteiger partial charge in [0.05, 0.1) is 0 Å². The number of carbonyl (C=O) groups excluding carboxylic acids is 1. The van der Waals surface area contributed by atoms with Gasteiger partial charge in [0.15, 0.2) is 0 Å². The normalized spacial score (nSPS) is 15.6. The lowest BCUT2D eigenvalue weighted by Gasteiger charge is -2.30. The number of para-hydroxylation sites is 1. The number of aliphatic hydroxyl groups excluding tert-OH is 1. The van der Waals surface area contributed by atoms with E-state index in [-0.39, 0.29) is 24.3 Å². The largest absolute Gasteiger partial charge is 0.396 e. The molecule has 3 rings (SSSR count). The van der Waals surface area contributed by atoms with Crippen LogP contribution in [0.1, 0.15) is 42.6 Å². The van der Waals surface area contributed by atoms with Crippen molar-refractivity contribution in [2.24, 2.45) is 5.92 Å². The second-order valence-electron chi connectivity index (χ2n) is 6.38. The number of hydrogen-bond donors (Lipinski definition) is 1. The first-order valence-electron chi connectivity index (χ1n) is 8.75. The molecule has 2 heterocycles. The number of aliphatic hydroxyl groups is 1. The summed E-state index contributed by atoms with van der Waals surface area (Å²) in [6.07, 6.45) is 2.99. The highest BCUT2D eigenvalue weighted by Gasteiger charge is 2.27. The molecule has 0 saturated carbocycles. The van der Waals surface area contributed by atoms with Gasteiger partial charge in [-0.2, -0.15) is 0 Å². The SMILES string of the molecule is CCCc1nc(C(=O)N2CCC(CO)CC2)nn1-c1ccccc1F. The van der Waals surface area contributed by atoms with Crippen LogP contribution in [-0.2, 0) is 6.42 Å². The Balaban J connectivity index is 1.86. The van der Waals surface area contributed by atoms with Crippen LogP contribution in [0.5, 0.6) is 0 Å². The molecule has 1 amide bonds. The number of likely N-dealkylation sites (tertiary alicyclic amines) is 1. The molecule has 0 radical (unpaired) electrons. The van der Waals surface area contributed by atoms with Gasteiger partial charge in [0.25, 0.3) is 5.91 Å². The molecule has 1 aliphatic rings. The lowest BCUT2D eigenvalue weighted by Crippen LogP contribution is -2.39. The fourth-order valence-electron chi connectivity index (χ4n) is 3.10. The molecule has 0 atom stereocenters. The summed E-state index contributed by atoms with van der Waals surface area (Å²) in [5, 5.41) is 13.5. The molecule has 0 bridgehead atoms. The smallest absolute Gasteiger partial charge is 0.293 e. The Hall–Kier alpha value is -2.28. The second kappa shape index (κ2) is 7.74. The minimum Gasteiger partial charge on any atom is -0.396 e. The first-order chi connectivity index (χ1) is 12.1. The van der Waals surface area contributed by atoms with Crippen LogP contribution >= 0.6 is 0 Å². The lowest BCUT2D eigenvalue weighted by atomic mass is 9.98. The fraction of sp³-hybridized carbons (Fsp3) is 0.500. The minimum atomic E-state index is -0.396. The average molecular weight is 346 g/mol. The summed E-state index contributed by atoms with van der Waals surface area (Å²) < 4.78 is 15.6. The second-order valence-corrected chi connectivity index (χ2v) is 6.38. The van der Waals surface area contributed by atoms with Crippen molar-refractivity contribution in [3.05, 3.63) is 41.7 Å². The van der Waals surface area contributed by atoms with Gasteiger partial charge in [-0.1, -0.05) is 19.1 Å². The van der Waals surface area contributed by atoms with Gasteiger partial charge in [-0.3, -0.25) is 4.79 Å². The minimum absolute atomic E-state index is 0.106. The van der Waals surface area contributed by atoms with Crippen LogP contribution in [0.25, 0.3) is 5.69 Å². The lowest BCUT2D eigenvalue weighted by molar-refractivity contribution is 0.0639. The average Bonchev–Trinajstić information content (AvgIpc) is 3.05. The molecule has 1 fully saturated rings. The van der Waals surface area contributed by atoms with Gasteiger partial charge >= 0.3 is 0 Å². The Labute approximate surface area is 146 Å². The number of carbonyl (C=O) groups is 1. The predicted octanol–water partition coefficient (Wildman–Crippen LogP) is 2.20. The van der Waals surface area contributed by atoms with Gasteiger partial charge in [-0.05, 0) is 37.3 Å². The zero-order valence-electron chi connectivity index (χ0n) is 14.4. The molecule has 134 valence electrons. The molecule has 25 heavy (non-hydrogen) atoms. The molecular weight excluding hydrogens is 323 g/mol. The van der Waals surface area contributed by atoms with Crippen LogP contribution in [-0.4, -0.2) is 50.4 Å². The zero-order chi connectivity index (χ0) is 17.8. The van der Waals surface area contributed by atoms with Crippen LogP contribution in [0.4, 0.5) is 4.39 Å². The molecule has 0 aliphatic carbocycles. The van der Waals surface area contributed by atoms with Crippen LogP contribution in [0.3, 0.4) is 0 Å². The van der Waals surface area contributed by atoms with Crippen molar-refractivity contribution in [1.29, 1.82) is 0 Å². The number of aryl methyl sites for hydroxylation is 1. The van der Waals surface area contributed by atoms with Crippen LogP contribution in [0.2, 0.25) is 0 Å². The first-order valence-corrected chi connectivity index (χ1v) is 8.75. The van der Waals surface area contributed by atoms with Gasteiger partial charge in [-0.15, -0.1) is 5.10 Å². The van der Waals surface area contributed by atoms with E-state index in [0.29, 0.717) is 31.0 Å². The van der Waals surface area contributed by atoms with Crippen molar-refractivity contribution in [2.45, 2.75) is 32.6 Å². The summed E-state index contributed by atoms with van der Waals surface area (Å²) in [5.41, 5.74) is 0.302. The monoisotopic (exact) mass is 346 g/mol. The van der Waals surface area contributed by atoms with E-state index in [1.54, 1.807) is 23.1 Å². The number of piperidine rings is 1. The van der Waals surface area contributed by atoms with Gasteiger partial charge in [0.1, 0.15) is 17.3 Å². The third kappa shape index (κ3) is 3.71. The summed E-state index contributed by atoms with van der Waals surface area (Å²) in [5.74, 6) is 0.315. The standard InChI is InChI=1S/C18H23FN4O2/c1-2-5-16-20-17(18(25)22-10-8-13(12-24)9-11-22)21-23(16)15-7-4-3-6-14(15)19/h3-4,6-7,13,24H,2,5,8-12H2,1H3. The van der Waals surface area contributed by atoms with Crippen LogP contribution < -0.4 is 0 Å². The molecule has 7 heteroatoms. The van der Waals surface area contributed by atoms with Crippen molar-refractivity contribution in [3.63, 3.8) is 0 Å². The van der Waals surface area contributed by atoms with Crippen LogP contribution in [0.15, 0.2) is 24.3 Å². The van der Waals surface area contributed by atoms with Crippen molar-refractivity contribution < 1.29 is 14.3 Å². The number of halogens is 1. The number of aromatic nitrogens is 3. The number of benzene rings is 1. The fourth-order valence-corrected chi connectivity index (χ4v) is 3.10. The summed E-state index contributed by atoms with van der Waals surface area (Å²) in [6, 6.07) is 6.35. The molecule has 1 aliphatic heterocycles. The number of hydrogen-bond acceptors (Lipinski definition) is 4. The van der Waals surface area contributed by atoms with E-state index in [1.165, 1.54) is 10.7 Å². The van der Waals surface area contributed by atoms with Gasteiger partial charge in [-0.25, -0.2) is 14.1 Å². The number of nitrogens with zero attached hydrogens (tertiary/aromatic N) is 4. The van der Waals surface area contributed by atoms with E-state index in [0.717, 1.165) is 19.3 Å². The quantitative estimate of drug-likeness (QED) is 0.901. The van der Waals surface area contributed by atoms with Crippen LogP contribution in [0, 0.1) is 11.7 Å². The van der Waals surface area contributed by atoms with Crippen molar-refractivity contribution in [3.8, 4) is 5.69 Å². The highest BCUT2D eigenvalue weighted by molar-refractivity contribution is 5.90. The maximum absolute atomic E-state index is 14.1. The molecule has 0 spiro atoms. The maximum Gasteiger partial charge on any atom is 0.293 e. The highest BCUT2D eigenvalue weighted by atomic mass is 19.1. The van der Waals surface area contributed by atoms with E-state index >= 15 is 0 Å². The van der Waals surface area contributed by atoms with E-state index in [4.69, 9.17) is 0 Å². The molecule has 2 aromatic rings. The molecule has 1 N–H and O–H groups in total. The van der Waals surface area contributed by atoms with E-state index in [2.05, 4.69) is 10.1 Å². The van der Waals surface area contributed by atoms with Crippen molar-refractivity contribution >= 4 is 5.91 Å². The van der Waals surface area contributed by atoms with E-state index < -0.39 is 5.82 Å². The van der Waals surface area contributed by atoms with Gasteiger partial charge < -0.3 is 10.0 Å². The maximum atomic E-state index is 14.1. The summed E-state index contributed by atoms with van der Waals surface area (Å²) in [6.45, 7) is 3.33. The zero-order valence-corrected chi connectivity index (χ0v) is 14.4. The Morgan fingerprint density at radius 1 is 1.32 bits per heavy atom. The Bertz CT molecular complexity index is 738. The van der Waals surface area contributed by atoms with Crippen molar-refractivity contribution in [2.75, 3.05) is 19.7 Å². The number of amides is 1. The van der Waals surface area contributed by atoms with Crippen molar-refractivity contribution in [1.82, 2.24) is 19.7 Å². The van der Waals surface area contributed by atoms with E-state index in [9.17, 15) is 14.3 Å². The Kier molecular flexibility index (Phi) is 5.43. The first kappa shape index (κ1) is 17.5. The summed E-state index contributed by atoms with van der Waals surface area (Å²) in [7, 11) is 0. The van der Waals surface area contributed by atoms with E-state index in [1.807, 2.05) is 6.92 Å². The molecule has 1 aromatic carbocycles. The van der Waals surface area contributed by atoms with Gasteiger partial charge in [0, 0.05) is 26.1 Å². The summed E-state index contributed by atoms with van der Waals surface area (Å²) in [4.78, 5) is 18.8. The third-order valence-electron chi connectivity index (χ3n) is 4.58. The third-order valence-corrected chi connectivity index (χ3v) is 4.58. The topological polar surface area (TPSA) is 71.2 Å². The Morgan fingerprint density at radius 3 is 2.68 bits per heavy atom. The molecule has 1 aromatic heterocycles. The molecule has 0 unspecified atom stereocenters. The molecule has 6 nitrogen and oxygen atoms in total. The predicted molar refractivity (Wildman–Crippen MR) is 91.0 cm³/mol. The molecule has 1 saturated heterocycles. The molecular formula is C18H23FN4O2. The van der Waals surface area contributed by atoms with Gasteiger partial charge in [0.2, 0.25) is 5.82 Å².